The number of hydrogen-bond donors (Lipinski definition) is 0. The highest BCUT2D eigenvalue weighted by Crippen LogP contribution is 2.50. The molecule has 0 aliphatic heterocycles. The minimum absolute atomic E-state index is 0.0963. The van der Waals surface area contributed by atoms with Gasteiger partial charge in [-0.15, -0.1) is 0 Å². The Balaban J connectivity index is 1.01. The highest BCUT2D eigenvalue weighted by Gasteiger charge is 2.36. The van der Waals surface area contributed by atoms with Crippen LogP contribution >= 0.6 is 0 Å². The van der Waals surface area contributed by atoms with E-state index in [0.717, 1.165) is 33.4 Å². The molecule has 0 bridgehead atoms. The van der Waals surface area contributed by atoms with E-state index < -0.39 is 0 Å². The number of aromatic nitrogens is 3. The van der Waals surface area contributed by atoms with Gasteiger partial charge in [-0.1, -0.05) is 184 Å². The summed E-state index contributed by atoms with van der Waals surface area (Å²) in [5.41, 5.74) is 15.2. The van der Waals surface area contributed by atoms with E-state index in [1.54, 1.807) is 0 Å². The maximum absolute atomic E-state index is 5.06. The third-order valence-corrected chi connectivity index (χ3v) is 11.2. The van der Waals surface area contributed by atoms with Crippen molar-refractivity contribution in [1.82, 2.24) is 15.0 Å². The Kier molecular flexibility index (Phi) is 7.81. The Bertz CT molecular complexity index is 2740. The van der Waals surface area contributed by atoms with E-state index in [4.69, 9.17) is 15.0 Å². The van der Waals surface area contributed by atoms with Crippen LogP contribution in [0.3, 0.4) is 0 Å². The van der Waals surface area contributed by atoms with Gasteiger partial charge in [0.05, 0.1) is 0 Å². The summed E-state index contributed by atoms with van der Waals surface area (Å²) in [5, 5.41) is 2.57. The van der Waals surface area contributed by atoms with Gasteiger partial charge in [-0.3, -0.25) is 0 Å². The van der Waals surface area contributed by atoms with E-state index >= 15 is 0 Å². The third kappa shape index (κ3) is 5.91. The van der Waals surface area contributed by atoms with E-state index in [1.165, 1.54) is 49.7 Å². The Hall–Kier alpha value is -6.97. The van der Waals surface area contributed by atoms with Crippen LogP contribution in [0, 0.1) is 0 Å². The SMILES string of the molecule is CC1(C)c2cc(-c3ccc(-c4nc(-c5ccc(-c6ccccc6)cc5)nc(-c5ccc(-c6ccccc6)cc5)n4)cc3)ccc2-c2cc3ccccc3cc21. The van der Waals surface area contributed by atoms with Crippen LogP contribution in [0.2, 0.25) is 0 Å². The van der Waals surface area contributed by atoms with E-state index in [2.05, 4.69) is 190 Å². The first-order chi connectivity index (χ1) is 27.0. The van der Waals surface area contributed by atoms with Crippen LogP contribution in [0.25, 0.3) is 89.4 Å². The summed E-state index contributed by atoms with van der Waals surface area (Å²) in [5.74, 6) is 1.93. The smallest absolute Gasteiger partial charge is 0.164 e. The molecule has 10 rings (SSSR count). The first-order valence-corrected chi connectivity index (χ1v) is 18.8. The minimum atomic E-state index is -0.0963. The van der Waals surface area contributed by atoms with Crippen molar-refractivity contribution in [3.63, 3.8) is 0 Å². The van der Waals surface area contributed by atoms with Crippen LogP contribution in [0.15, 0.2) is 188 Å². The van der Waals surface area contributed by atoms with Gasteiger partial charge in [0.2, 0.25) is 0 Å². The van der Waals surface area contributed by atoms with E-state index in [0.29, 0.717) is 17.5 Å². The zero-order valence-corrected chi connectivity index (χ0v) is 30.7. The lowest BCUT2D eigenvalue weighted by Gasteiger charge is -2.22. The molecule has 0 fully saturated rings. The molecule has 3 heteroatoms. The maximum atomic E-state index is 5.06. The predicted octanol–water partition coefficient (Wildman–Crippen LogP) is 13.3. The Morgan fingerprint density at radius 3 is 1.11 bits per heavy atom. The molecule has 0 N–H and O–H groups in total. The van der Waals surface area contributed by atoms with E-state index in [1.807, 2.05) is 12.1 Å². The lowest BCUT2D eigenvalue weighted by molar-refractivity contribution is 0.661. The predicted molar refractivity (Wildman–Crippen MR) is 228 cm³/mol. The molecule has 0 spiro atoms. The molecular formula is C52H37N3. The molecule has 8 aromatic carbocycles. The van der Waals surface area contributed by atoms with Gasteiger partial charge in [-0.2, -0.15) is 0 Å². The minimum Gasteiger partial charge on any atom is -0.208 e. The average Bonchev–Trinajstić information content (AvgIpc) is 3.47. The Morgan fingerprint density at radius 1 is 0.291 bits per heavy atom. The van der Waals surface area contributed by atoms with Crippen molar-refractivity contribution in [2.45, 2.75) is 19.3 Å². The molecule has 55 heavy (non-hydrogen) atoms. The maximum Gasteiger partial charge on any atom is 0.164 e. The molecule has 0 amide bonds. The molecule has 0 unspecified atom stereocenters. The van der Waals surface area contributed by atoms with Gasteiger partial charge < -0.3 is 0 Å². The number of benzene rings is 8. The molecule has 0 atom stereocenters. The summed E-state index contributed by atoms with van der Waals surface area (Å²) in [6, 6.07) is 66.8. The summed E-state index contributed by atoms with van der Waals surface area (Å²) in [6.45, 7) is 4.69. The molecule has 1 aliphatic carbocycles. The molecule has 260 valence electrons. The zero-order valence-electron chi connectivity index (χ0n) is 30.7. The van der Waals surface area contributed by atoms with Crippen LogP contribution < -0.4 is 0 Å². The van der Waals surface area contributed by atoms with Gasteiger partial charge in [0.15, 0.2) is 17.5 Å². The van der Waals surface area contributed by atoms with Crippen LogP contribution in [0.1, 0.15) is 25.0 Å². The number of hydrogen-bond acceptors (Lipinski definition) is 3. The molecule has 1 aromatic heterocycles. The highest BCUT2D eigenvalue weighted by molar-refractivity contribution is 5.94. The summed E-state index contributed by atoms with van der Waals surface area (Å²) in [6.07, 6.45) is 0. The van der Waals surface area contributed by atoms with Crippen LogP contribution in [-0.4, -0.2) is 15.0 Å². The Morgan fingerprint density at radius 2 is 0.636 bits per heavy atom. The molecule has 3 nitrogen and oxygen atoms in total. The molecule has 1 heterocycles. The standard InChI is InChI=1S/C52H37N3/c1-52(2)47-33-44(29-30-45(47)46-31-42-15-9-10-16-43(42)32-48(46)52)38-21-27-41(28-22-38)51-54-49(39-23-17-36(18-24-39)34-11-5-3-6-12-34)53-50(55-51)40-25-19-37(20-26-40)35-13-7-4-8-14-35/h3-33H,1-2H3. The van der Waals surface area contributed by atoms with Gasteiger partial charge in [0.1, 0.15) is 0 Å². The van der Waals surface area contributed by atoms with Gasteiger partial charge in [0, 0.05) is 22.1 Å². The van der Waals surface area contributed by atoms with Gasteiger partial charge in [0.25, 0.3) is 0 Å². The van der Waals surface area contributed by atoms with Crippen molar-refractivity contribution in [3.05, 3.63) is 199 Å². The van der Waals surface area contributed by atoms with E-state index in [-0.39, 0.29) is 5.41 Å². The monoisotopic (exact) mass is 703 g/mol. The second kappa shape index (κ2) is 13.2. The molecular weight excluding hydrogens is 667 g/mol. The highest BCUT2D eigenvalue weighted by atomic mass is 15.0. The van der Waals surface area contributed by atoms with Crippen molar-refractivity contribution in [2.24, 2.45) is 0 Å². The van der Waals surface area contributed by atoms with Gasteiger partial charge in [-0.05, 0) is 84.6 Å². The fraction of sp³-hybridized carbons (Fsp3) is 0.0577. The molecule has 0 saturated carbocycles. The molecule has 0 saturated heterocycles. The summed E-state index contributed by atoms with van der Waals surface area (Å²) < 4.78 is 0. The number of fused-ring (bicyclic) bond motifs is 4. The largest absolute Gasteiger partial charge is 0.208 e. The van der Waals surface area contributed by atoms with E-state index in [9.17, 15) is 0 Å². The average molecular weight is 704 g/mol. The number of nitrogens with zero attached hydrogens (tertiary/aromatic N) is 3. The molecule has 0 radical (unpaired) electrons. The van der Waals surface area contributed by atoms with Crippen molar-refractivity contribution in [2.75, 3.05) is 0 Å². The summed E-state index contributed by atoms with van der Waals surface area (Å²) in [7, 11) is 0. The Labute approximate surface area is 321 Å². The topological polar surface area (TPSA) is 38.7 Å². The second-order valence-electron chi connectivity index (χ2n) is 14.9. The third-order valence-electron chi connectivity index (χ3n) is 11.2. The lowest BCUT2D eigenvalue weighted by Crippen LogP contribution is -2.15. The van der Waals surface area contributed by atoms with Crippen LogP contribution in [0.4, 0.5) is 0 Å². The van der Waals surface area contributed by atoms with Crippen molar-refractivity contribution < 1.29 is 0 Å². The normalized spacial score (nSPS) is 12.7. The van der Waals surface area contributed by atoms with Crippen LogP contribution in [0.5, 0.6) is 0 Å². The summed E-state index contributed by atoms with van der Waals surface area (Å²) in [4.78, 5) is 15.1. The fourth-order valence-corrected chi connectivity index (χ4v) is 8.06. The quantitative estimate of drug-likeness (QED) is 0.173. The van der Waals surface area contributed by atoms with Crippen molar-refractivity contribution >= 4 is 10.8 Å². The number of rotatable bonds is 6. The lowest BCUT2D eigenvalue weighted by atomic mass is 9.81. The first-order valence-electron chi connectivity index (χ1n) is 18.8. The molecule has 9 aromatic rings. The fourth-order valence-electron chi connectivity index (χ4n) is 8.06. The summed E-state index contributed by atoms with van der Waals surface area (Å²) >= 11 is 0. The van der Waals surface area contributed by atoms with Crippen molar-refractivity contribution in [1.29, 1.82) is 0 Å². The second-order valence-corrected chi connectivity index (χ2v) is 14.9. The first kappa shape index (κ1) is 32.7. The van der Waals surface area contributed by atoms with Crippen molar-refractivity contribution in [3.8, 4) is 78.7 Å². The zero-order chi connectivity index (χ0) is 36.9. The van der Waals surface area contributed by atoms with Gasteiger partial charge in [-0.25, -0.2) is 15.0 Å². The van der Waals surface area contributed by atoms with Crippen LogP contribution in [-0.2, 0) is 5.41 Å². The molecule has 1 aliphatic rings. The van der Waals surface area contributed by atoms with Gasteiger partial charge >= 0.3 is 0 Å².